The Morgan fingerprint density at radius 3 is 2.50 bits per heavy atom. The van der Waals surface area contributed by atoms with Gasteiger partial charge in [0.25, 0.3) is 0 Å². The second-order valence-corrected chi connectivity index (χ2v) is 5.69. The van der Waals surface area contributed by atoms with Crippen LogP contribution in [0.2, 0.25) is 6.55 Å². The van der Waals surface area contributed by atoms with E-state index in [9.17, 15) is 0 Å². The summed E-state index contributed by atoms with van der Waals surface area (Å²) in [6.07, 6.45) is 0. The second kappa shape index (κ2) is 3.94. The maximum absolute atomic E-state index is 3.38. The van der Waals surface area contributed by atoms with E-state index < -0.39 is 8.96 Å². The molecule has 0 spiro atoms. The molecule has 1 N–H and O–H groups in total. The molecule has 0 aliphatic carbocycles. The van der Waals surface area contributed by atoms with Gasteiger partial charge in [-0.2, -0.15) is 0 Å². The molecule has 14 heavy (non-hydrogen) atoms. The maximum atomic E-state index is 3.38. The van der Waals surface area contributed by atoms with Crippen LogP contribution in [0.15, 0.2) is 42.5 Å². The van der Waals surface area contributed by atoms with Gasteiger partial charge in [0.2, 0.25) is 0 Å². The molecule has 0 saturated carbocycles. The molecular weight excluding hydrogens is 186 g/mol. The molecule has 0 amide bonds. The molecule has 1 radical (unpaired) electrons. The predicted octanol–water partition coefficient (Wildman–Crippen LogP) is 1.89. The van der Waals surface area contributed by atoms with Crippen molar-refractivity contribution in [1.29, 1.82) is 0 Å². The quantitative estimate of drug-likeness (QED) is 0.730. The van der Waals surface area contributed by atoms with Gasteiger partial charge >= 0.3 is 0 Å². The van der Waals surface area contributed by atoms with E-state index in [1.54, 1.807) is 0 Å². The van der Waals surface area contributed by atoms with Crippen LogP contribution in [0, 0.1) is 0 Å². The fraction of sp³-hybridized carbons (Fsp3) is 0.167. The average Bonchev–Trinajstić information content (AvgIpc) is 2.27. The number of rotatable bonds is 2. The molecule has 2 heteroatoms. The summed E-state index contributed by atoms with van der Waals surface area (Å²) in [5.74, 6) is 0. The molecule has 2 aromatic rings. The van der Waals surface area contributed by atoms with Gasteiger partial charge in [0.1, 0.15) is 0 Å². The van der Waals surface area contributed by atoms with Gasteiger partial charge in [-0.1, -0.05) is 49.0 Å². The van der Waals surface area contributed by atoms with E-state index in [1.807, 2.05) is 7.05 Å². The fourth-order valence-corrected chi connectivity index (χ4v) is 2.93. The van der Waals surface area contributed by atoms with Gasteiger partial charge in [0, 0.05) is 0 Å². The van der Waals surface area contributed by atoms with Gasteiger partial charge in [-0.15, -0.1) is 0 Å². The van der Waals surface area contributed by atoms with Crippen LogP contribution in [0.5, 0.6) is 0 Å². The molecule has 0 saturated heterocycles. The van der Waals surface area contributed by atoms with E-state index in [0.717, 1.165) is 0 Å². The topological polar surface area (TPSA) is 12.0 Å². The third kappa shape index (κ3) is 1.58. The number of nitrogens with one attached hydrogen (secondary N) is 1. The molecule has 2 aromatic carbocycles. The van der Waals surface area contributed by atoms with Crippen LogP contribution in [0.1, 0.15) is 0 Å². The zero-order valence-corrected chi connectivity index (χ0v) is 9.54. The summed E-state index contributed by atoms with van der Waals surface area (Å²) in [5, 5.41) is 4.20. The summed E-state index contributed by atoms with van der Waals surface area (Å²) in [5.41, 5.74) is 0. The molecule has 0 aliphatic rings. The first-order chi connectivity index (χ1) is 6.83. The SMILES string of the molecule is CN[Si](C)c1cccc2ccccc12. The van der Waals surface area contributed by atoms with Crippen molar-refractivity contribution >= 4 is 24.9 Å². The molecule has 0 aliphatic heterocycles. The third-order valence-corrected chi connectivity index (χ3v) is 4.56. The van der Waals surface area contributed by atoms with Gasteiger partial charge in [-0.25, -0.2) is 0 Å². The molecule has 1 nitrogen and oxygen atoms in total. The van der Waals surface area contributed by atoms with Crippen molar-refractivity contribution in [2.45, 2.75) is 6.55 Å². The van der Waals surface area contributed by atoms with E-state index in [2.05, 4.69) is 54.0 Å². The van der Waals surface area contributed by atoms with Crippen LogP contribution in [0.25, 0.3) is 10.8 Å². The number of benzene rings is 2. The Morgan fingerprint density at radius 1 is 1.00 bits per heavy atom. The Bertz CT molecular complexity index is 434. The highest BCUT2D eigenvalue weighted by Gasteiger charge is 2.08. The van der Waals surface area contributed by atoms with E-state index in [1.165, 1.54) is 16.0 Å². The van der Waals surface area contributed by atoms with Crippen LogP contribution in [-0.4, -0.2) is 16.0 Å². The fourth-order valence-electron chi connectivity index (χ4n) is 1.69. The van der Waals surface area contributed by atoms with Crippen molar-refractivity contribution in [3.8, 4) is 0 Å². The maximum Gasteiger partial charge on any atom is 0.166 e. The lowest BCUT2D eigenvalue weighted by atomic mass is 10.1. The molecule has 0 aromatic heterocycles. The summed E-state index contributed by atoms with van der Waals surface area (Å²) in [4.78, 5) is 3.38. The molecule has 0 fully saturated rings. The minimum atomic E-state index is -0.582. The summed E-state index contributed by atoms with van der Waals surface area (Å²) in [7, 11) is 1.46. The third-order valence-electron chi connectivity index (χ3n) is 2.57. The highest BCUT2D eigenvalue weighted by atomic mass is 28.3. The Balaban J connectivity index is 2.65. The van der Waals surface area contributed by atoms with Crippen molar-refractivity contribution in [2.75, 3.05) is 7.05 Å². The zero-order valence-electron chi connectivity index (χ0n) is 8.54. The Labute approximate surface area is 86.5 Å². The highest BCUT2D eigenvalue weighted by molar-refractivity contribution is 6.72. The van der Waals surface area contributed by atoms with Crippen molar-refractivity contribution < 1.29 is 0 Å². The van der Waals surface area contributed by atoms with Crippen LogP contribution in [-0.2, 0) is 0 Å². The minimum Gasteiger partial charge on any atom is -0.337 e. The van der Waals surface area contributed by atoms with Crippen molar-refractivity contribution in [3.63, 3.8) is 0 Å². The first-order valence-electron chi connectivity index (χ1n) is 4.82. The Hall–Kier alpha value is -1.12. The zero-order chi connectivity index (χ0) is 9.97. The molecule has 71 valence electrons. The van der Waals surface area contributed by atoms with E-state index >= 15 is 0 Å². The standard InChI is InChI=1S/C12H14NSi/c1-13-14(2)12-9-5-7-10-6-3-4-8-11(10)12/h3-9,13H,1-2H3. The highest BCUT2D eigenvalue weighted by Crippen LogP contribution is 2.10. The van der Waals surface area contributed by atoms with Gasteiger partial charge in [-0.05, 0) is 23.0 Å². The normalized spacial score (nSPS) is 11.1. The molecule has 2 rings (SSSR count). The summed E-state index contributed by atoms with van der Waals surface area (Å²) < 4.78 is 0. The van der Waals surface area contributed by atoms with Crippen molar-refractivity contribution in [3.05, 3.63) is 42.5 Å². The lowest BCUT2D eigenvalue weighted by Crippen LogP contribution is -2.39. The van der Waals surface area contributed by atoms with Gasteiger partial charge in [-0.3, -0.25) is 0 Å². The Kier molecular flexibility index (Phi) is 2.66. The van der Waals surface area contributed by atoms with Gasteiger partial charge < -0.3 is 4.98 Å². The number of hydrogen-bond acceptors (Lipinski definition) is 1. The summed E-state index contributed by atoms with van der Waals surface area (Å²) in [6.45, 7) is 2.28. The van der Waals surface area contributed by atoms with Crippen LogP contribution in [0.3, 0.4) is 0 Å². The molecule has 0 atom stereocenters. The van der Waals surface area contributed by atoms with Gasteiger partial charge in [0.15, 0.2) is 8.96 Å². The smallest absolute Gasteiger partial charge is 0.166 e. The first kappa shape index (κ1) is 9.43. The van der Waals surface area contributed by atoms with Crippen LogP contribution < -0.4 is 10.2 Å². The average molecular weight is 200 g/mol. The molecule has 0 heterocycles. The van der Waals surface area contributed by atoms with Crippen LogP contribution >= 0.6 is 0 Å². The molecular formula is C12H14NSi. The van der Waals surface area contributed by atoms with E-state index in [4.69, 9.17) is 0 Å². The first-order valence-corrected chi connectivity index (χ1v) is 6.82. The van der Waals surface area contributed by atoms with Crippen molar-refractivity contribution in [2.24, 2.45) is 0 Å². The number of fused-ring (bicyclic) bond motifs is 1. The minimum absolute atomic E-state index is 0.582. The monoisotopic (exact) mass is 200 g/mol. The van der Waals surface area contributed by atoms with Crippen molar-refractivity contribution in [1.82, 2.24) is 4.98 Å². The molecule has 0 bridgehead atoms. The van der Waals surface area contributed by atoms with E-state index in [-0.39, 0.29) is 0 Å². The van der Waals surface area contributed by atoms with E-state index in [0.29, 0.717) is 0 Å². The predicted molar refractivity (Wildman–Crippen MR) is 64.3 cm³/mol. The Morgan fingerprint density at radius 2 is 1.71 bits per heavy atom. The number of hydrogen-bond donors (Lipinski definition) is 1. The van der Waals surface area contributed by atoms with Crippen LogP contribution in [0.4, 0.5) is 0 Å². The van der Waals surface area contributed by atoms with Gasteiger partial charge in [0.05, 0.1) is 0 Å². The summed E-state index contributed by atoms with van der Waals surface area (Å²) in [6, 6.07) is 15.1. The lowest BCUT2D eigenvalue weighted by molar-refractivity contribution is 1.22. The second-order valence-electron chi connectivity index (χ2n) is 3.40. The molecule has 0 unspecified atom stereocenters. The summed E-state index contributed by atoms with van der Waals surface area (Å²) >= 11 is 0. The largest absolute Gasteiger partial charge is 0.337 e. The lowest BCUT2D eigenvalue weighted by Gasteiger charge is -2.11.